The van der Waals surface area contributed by atoms with Crippen LogP contribution in [0.4, 0.5) is 0 Å². The first-order valence-corrected chi connectivity index (χ1v) is 8.01. The van der Waals surface area contributed by atoms with E-state index in [-0.39, 0.29) is 11.2 Å². The van der Waals surface area contributed by atoms with E-state index in [1.54, 1.807) is 23.9 Å². The van der Waals surface area contributed by atoms with Crippen LogP contribution in [0.2, 0.25) is 5.02 Å². The van der Waals surface area contributed by atoms with Crippen molar-refractivity contribution in [1.29, 1.82) is 0 Å². The van der Waals surface area contributed by atoms with Crippen molar-refractivity contribution in [2.24, 2.45) is 0 Å². The van der Waals surface area contributed by atoms with Gasteiger partial charge in [0.25, 0.3) is 0 Å². The predicted octanol–water partition coefficient (Wildman–Crippen LogP) is 4.17. The Bertz CT molecular complexity index is 428. The maximum atomic E-state index is 11.1. The van der Waals surface area contributed by atoms with Crippen LogP contribution in [0.15, 0.2) is 22.7 Å². The van der Waals surface area contributed by atoms with Crippen LogP contribution in [0.3, 0.4) is 0 Å². The van der Waals surface area contributed by atoms with Gasteiger partial charge in [-0.15, -0.1) is 0 Å². The third kappa shape index (κ3) is 6.54. The van der Waals surface area contributed by atoms with Gasteiger partial charge < -0.3 is 9.47 Å². The van der Waals surface area contributed by atoms with Gasteiger partial charge in [-0.25, -0.2) is 0 Å². The highest BCUT2D eigenvalue weighted by Gasteiger charge is 2.09. The lowest BCUT2D eigenvalue weighted by molar-refractivity contribution is -0.140. The van der Waals surface area contributed by atoms with Crippen LogP contribution in [0.5, 0.6) is 5.75 Å². The molecule has 0 aromatic heterocycles. The number of rotatable bonds is 7. The molecule has 0 saturated carbocycles. The van der Waals surface area contributed by atoms with E-state index in [2.05, 4.69) is 20.7 Å². The van der Waals surface area contributed by atoms with E-state index in [4.69, 9.17) is 16.3 Å². The quantitative estimate of drug-likeness (QED) is 0.535. The highest BCUT2D eigenvalue weighted by atomic mass is 79.9. The molecular weight excluding hydrogens is 352 g/mol. The molecule has 0 fully saturated rings. The third-order valence-electron chi connectivity index (χ3n) is 2.32. The molecular formula is C13H16BrClO3S. The lowest BCUT2D eigenvalue weighted by Crippen LogP contribution is -2.11. The topological polar surface area (TPSA) is 35.5 Å². The van der Waals surface area contributed by atoms with Crippen molar-refractivity contribution in [3.8, 4) is 5.75 Å². The summed E-state index contributed by atoms with van der Waals surface area (Å²) in [5, 5.41) is 0.894. The van der Waals surface area contributed by atoms with Crippen LogP contribution < -0.4 is 4.74 Å². The van der Waals surface area contributed by atoms with Gasteiger partial charge in [-0.1, -0.05) is 18.5 Å². The molecule has 0 radical (unpaired) electrons. The molecule has 1 aromatic rings. The molecule has 0 spiro atoms. The smallest absolute Gasteiger partial charge is 0.306 e. The summed E-state index contributed by atoms with van der Waals surface area (Å²) in [5.41, 5.74) is 0. The van der Waals surface area contributed by atoms with E-state index >= 15 is 0 Å². The van der Waals surface area contributed by atoms with Gasteiger partial charge in [-0.3, -0.25) is 4.79 Å². The summed E-state index contributed by atoms with van der Waals surface area (Å²) >= 11 is 10.9. The molecule has 6 heteroatoms. The first kappa shape index (κ1) is 16.7. The number of ether oxygens (including phenoxy) is 2. The van der Waals surface area contributed by atoms with E-state index in [0.717, 1.165) is 16.0 Å². The minimum atomic E-state index is -0.179. The monoisotopic (exact) mass is 366 g/mol. The molecule has 0 N–H and O–H groups in total. The van der Waals surface area contributed by atoms with Gasteiger partial charge in [0.1, 0.15) is 5.75 Å². The lowest BCUT2D eigenvalue weighted by Gasteiger charge is -2.11. The standard InChI is InChI=1S/C13H16BrClO3S/c1-9(7-13(16)17-2)19-6-5-18-12-4-3-10(15)8-11(12)14/h3-4,8-9H,5-7H2,1-2H3. The number of halogens is 2. The zero-order chi connectivity index (χ0) is 14.3. The Morgan fingerprint density at radius 2 is 2.26 bits per heavy atom. The Morgan fingerprint density at radius 1 is 1.53 bits per heavy atom. The molecule has 0 bridgehead atoms. The Kier molecular flexibility index (Phi) is 7.64. The molecule has 0 heterocycles. The predicted molar refractivity (Wildman–Crippen MR) is 83.2 cm³/mol. The molecule has 1 rings (SSSR count). The van der Waals surface area contributed by atoms with Crippen molar-refractivity contribution in [3.63, 3.8) is 0 Å². The average Bonchev–Trinajstić information content (AvgIpc) is 2.36. The van der Waals surface area contributed by atoms with Crippen LogP contribution in [0.25, 0.3) is 0 Å². The first-order valence-electron chi connectivity index (χ1n) is 5.79. The molecule has 0 aliphatic heterocycles. The highest BCUT2D eigenvalue weighted by molar-refractivity contribution is 9.10. The maximum absolute atomic E-state index is 11.1. The summed E-state index contributed by atoms with van der Waals surface area (Å²) in [6, 6.07) is 5.41. The zero-order valence-corrected chi connectivity index (χ0v) is 14.0. The number of thioether (sulfide) groups is 1. The van der Waals surface area contributed by atoms with Crippen molar-refractivity contribution < 1.29 is 14.3 Å². The SMILES string of the molecule is COC(=O)CC(C)SCCOc1ccc(Cl)cc1Br. The summed E-state index contributed by atoms with van der Waals surface area (Å²) in [6.45, 7) is 2.58. The molecule has 1 aromatic carbocycles. The molecule has 106 valence electrons. The summed E-state index contributed by atoms with van der Waals surface area (Å²) < 4.78 is 11.1. The van der Waals surface area contributed by atoms with Crippen molar-refractivity contribution in [3.05, 3.63) is 27.7 Å². The number of benzene rings is 1. The Labute approximate surface area is 131 Å². The molecule has 1 atom stereocenters. The van der Waals surface area contributed by atoms with Crippen LogP contribution in [0.1, 0.15) is 13.3 Å². The van der Waals surface area contributed by atoms with Gasteiger partial charge in [0.2, 0.25) is 0 Å². The molecule has 0 aliphatic rings. The minimum absolute atomic E-state index is 0.179. The number of carbonyl (C=O) groups is 1. The fourth-order valence-electron chi connectivity index (χ4n) is 1.37. The maximum Gasteiger partial charge on any atom is 0.306 e. The largest absolute Gasteiger partial charge is 0.492 e. The van der Waals surface area contributed by atoms with E-state index in [0.29, 0.717) is 18.1 Å². The zero-order valence-electron chi connectivity index (χ0n) is 10.8. The fraction of sp³-hybridized carbons (Fsp3) is 0.462. The van der Waals surface area contributed by atoms with Gasteiger partial charge in [0.05, 0.1) is 24.6 Å². The minimum Gasteiger partial charge on any atom is -0.492 e. The van der Waals surface area contributed by atoms with Gasteiger partial charge >= 0.3 is 5.97 Å². The summed E-state index contributed by atoms with van der Waals surface area (Å²) in [7, 11) is 1.40. The second kappa shape index (κ2) is 8.72. The normalized spacial score (nSPS) is 12.0. The number of hydrogen-bond acceptors (Lipinski definition) is 4. The molecule has 0 saturated heterocycles. The second-order valence-electron chi connectivity index (χ2n) is 3.88. The number of esters is 1. The summed E-state index contributed by atoms with van der Waals surface area (Å²) in [6.07, 6.45) is 0.422. The van der Waals surface area contributed by atoms with Crippen LogP contribution in [-0.2, 0) is 9.53 Å². The van der Waals surface area contributed by atoms with Crippen molar-refractivity contribution in [2.75, 3.05) is 19.5 Å². The average molecular weight is 368 g/mol. The van der Waals surface area contributed by atoms with E-state index in [9.17, 15) is 4.79 Å². The van der Waals surface area contributed by atoms with E-state index in [1.807, 2.05) is 13.0 Å². The molecule has 1 unspecified atom stereocenters. The molecule has 0 aliphatic carbocycles. The summed E-state index contributed by atoms with van der Waals surface area (Å²) in [4.78, 5) is 11.1. The van der Waals surface area contributed by atoms with Crippen molar-refractivity contribution in [1.82, 2.24) is 0 Å². The van der Waals surface area contributed by atoms with Crippen LogP contribution in [-0.4, -0.2) is 30.7 Å². The Balaban J connectivity index is 2.25. The fourth-order valence-corrected chi connectivity index (χ4v) is 3.00. The van der Waals surface area contributed by atoms with Gasteiger partial charge in [-0.2, -0.15) is 11.8 Å². The third-order valence-corrected chi connectivity index (χ3v) is 4.31. The first-order chi connectivity index (χ1) is 9.02. The highest BCUT2D eigenvalue weighted by Crippen LogP contribution is 2.28. The lowest BCUT2D eigenvalue weighted by atomic mass is 10.3. The van der Waals surface area contributed by atoms with E-state index in [1.165, 1.54) is 7.11 Å². The van der Waals surface area contributed by atoms with Crippen molar-refractivity contribution in [2.45, 2.75) is 18.6 Å². The summed E-state index contributed by atoms with van der Waals surface area (Å²) in [5.74, 6) is 1.40. The van der Waals surface area contributed by atoms with Crippen LogP contribution in [0, 0.1) is 0 Å². The molecule has 19 heavy (non-hydrogen) atoms. The Morgan fingerprint density at radius 3 is 2.89 bits per heavy atom. The number of hydrogen-bond donors (Lipinski definition) is 0. The number of carbonyl (C=O) groups excluding carboxylic acids is 1. The molecule has 3 nitrogen and oxygen atoms in total. The Hall–Kier alpha value is -0.390. The van der Waals surface area contributed by atoms with Gasteiger partial charge in [0, 0.05) is 16.0 Å². The second-order valence-corrected chi connectivity index (χ2v) is 6.72. The molecule has 0 amide bonds. The van der Waals surface area contributed by atoms with E-state index < -0.39 is 0 Å². The van der Waals surface area contributed by atoms with Gasteiger partial charge in [0.15, 0.2) is 0 Å². The van der Waals surface area contributed by atoms with Crippen molar-refractivity contribution >= 4 is 45.3 Å². The van der Waals surface area contributed by atoms with Crippen LogP contribution >= 0.6 is 39.3 Å². The number of methoxy groups -OCH3 is 1. The van der Waals surface area contributed by atoms with Gasteiger partial charge in [-0.05, 0) is 34.1 Å².